The van der Waals surface area contributed by atoms with Gasteiger partial charge in [0.2, 0.25) is 11.8 Å². The lowest BCUT2D eigenvalue weighted by Crippen LogP contribution is -2.73. The Morgan fingerprint density at radius 3 is 2.39 bits per heavy atom. The Hall–Kier alpha value is -1.81. The fourth-order valence-electron chi connectivity index (χ4n) is 4.66. The monoisotopic (exact) mass is 469 g/mol. The Morgan fingerprint density at radius 1 is 1.13 bits per heavy atom. The first-order valence-corrected chi connectivity index (χ1v) is 10.8. The number of benzene rings is 1. The number of halogens is 1. The largest absolute Gasteiger partial charge is 0.437 e. The van der Waals surface area contributed by atoms with E-state index in [4.69, 9.17) is 9.47 Å². The van der Waals surface area contributed by atoms with E-state index < -0.39 is 34.5 Å². The molecule has 31 heavy (non-hydrogen) atoms. The minimum absolute atomic E-state index is 0. The molecule has 3 fully saturated rings. The standard InChI is InChI=1S/C21H27N3O5S.ClH/c1-20(2)15(19(27)29-11-28-5)23-17(26)14(18(23)30-20)24-16(25)13(22-21(24,3)4)12-9-7-6-8-10-12;/h6-10,13-15,18,22H,11H2,1-5H3;1H/t13-,14-,15+,18-;/m1./s1. The number of fused-ring (bicyclic) bond motifs is 1. The zero-order chi connectivity index (χ0) is 21.8. The quantitative estimate of drug-likeness (QED) is 0.400. The van der Waals surface area contributed by atoms with Gasteiger partial charge in [-0.1, -0.05) is 30.3 Å². The molecular formula is C21H28ClN3O5S. The maximum atomic E-state index is 13.4. The van der Waals surface area contributed by atoms with Gasteiger partial charge in [-0.05, 0) is 33.3 Å². The summed E-state index contributed by atoms with van der Waals surface area (Å²) in [5.74, 6) is -0.849. The highest BCUT2D eigenvalue weighted by Crippen LogP contribution is 2.54. The Morgan fingerprint density at radius 2 is 1.77 bits per heavy atom. The van der Waals surface area contributed by atoms with E-state index in [0.717, 1.165) is 5.56 Å². The molecule has 0 unspecified atom stereocenters. The predicted molar refractivity (Wildman–Crippen MR) is 118 cm³/mol. The Labute approximate surface area is 192 Å². The van der Waals surface area contributed by atoms with Gasteiger partial charge < -0.3 is 19.3 Å². The normalized spacial score (nSPS) is 30.5. The number of rotatable bonds is 5. The average Bonchev–Trinajstić information content (AvgIpc) is 3.09. The van der Waals surface area contributed by atoms with Crippen molar-refractivity contribution in [3.05, 3.63) is 35.9 Å². The summed E-state index contributed by atoms with van der Waals surface area (Å²) in [6.07, 6.45) is 0. The molecule has 0 spiro atoms. The van der Waals surface area contributed by atoms with Crippen LogP contribution in [0.15, 0.2) is 30.3 Å². The highest BCUT2D eigenvalue weighted by molar-refractivity contribution is 8.01. The van der Waals surface area contributed by atoms with Crippen LogP contribution >= 0.6 is 24.2 Å². The molecule has 1 aromatic rings. The van der Waals surface area contributed by atoms with Crippen LogP contribution in [0.4, 0.5) is 0 Å². The van der Waals surface area contributed by atoms with Gasteiger partial charge in [0.05, 0.1) is 5.66 Å². The molecule has 0 radical (unpaired) electrons. The molecule has 1 aromatic carbocycles. The van der Waals surface area contributed by atoms with E-state index in [-0.39, 0.29) is 36.4 Å². The molecule has 170 valence electrons. The van der Waals surface area contributed by atoms with Crippen LogP contribution in [0.2, 0.25) is 0 Å². The summed E-state index contributed by atoms with van der Waals surface area (Å²) in [6.45, 7) is 7.48. The maximum absolute atomic E-state index is 13.4. The van der Waals surface area contributed by atoms with Crippen molar-refractivity contribution in [3.8, 4) is 0 Å². The van der Waals surface area contributed by atoms with Crippen LogP contribution in [0, 0.1) is 0 Å². The molecule has 4 atom stereocenters. The summed E-state index contributed by atoms with van der Waals surface area (Å²) < 4.78 is 9.44. The number of esters is 1. The molecule has 3 aliphatic rings. The molecule has 0 aromatic heterocycles. The topological polar surface area (TPSA) is 88.2 Å². The highest BCUT2D eigenvalue weighted by atomic mass is 35.5. The van der Waals surface area contributed by atoms with Crippen molar-refractivity contribution in [2.75, 3.05) is 13.9 Å². The van der Waals surface area contributed by atoms with E-state index in [0.29, 0.717) is 0 Å². The molecule has 10 heteroatoms. The SMILES string of the molecule is COCOC(=O)[C@@H]1N2C(=O)[C@@H](N3C(=O)[C@@H](c4ccccc4)NC3(C)C)[C@H]2SC1(C)C.Cl. The van der Waals surface area contributed by atoms with Gasteiger partial charge in [0.25, 0.3) is 0 Å². The third-order valence-electron chi connectivity index (χ3n) is 5.95. The molecule has 3 aliphatic heterocycles. The lowest BCUT2D eigenvalue weighted by Gasteiger charge is -2.50. The predicted octanol–water partition coefficient (Wildman–Crippen LogP) is 1.90. The summed E-state index contributed by atoms with van der Waals surface area (Å²) in [7, 11) is 1.44. The second kappa shape index (κ2) is 8.27. The van der Waals surface area contributed by atoms with Crippen LogP contribution in [0.1, 0.15) is 39.3 Å². The van der Waals surface area contributed by atoms with Gasteiger partial charge >= 0.3 is 5.97 Å². The number of nitrogens with one attached hydrogen (secondary N) is 1. The van der Waals surface area contributed by atoms with Crippen molar-refractivity contribution in [1.29, 1.82) is 0 Å². The molecule has 3 heterocycles. The van der Waals surface area contributed by atoms with Crippen molar-refractivity contribution < 1.29 is 23.9 Å². The van der Waals surface area contributed by atoms with Gasteiger partial charge in [0.15, 0.2) is 6.79 Å². The third kappa shape index (κ3) is 3.71. The molecule has 2 amide bonds. The zero-order valence-corrected chi connectivity index (χ0v) is 19.8. The number of nitrogens with zero attached hydrogens (tertiary/aromatic N) is 2. The fraction of sp³-hybridized carbons (Fsp3) is 0.571. The fourth-order valence-corrected chi connectivity index (χ4v) is 6.33. The Balaban J connectivity index is 0.00000272. The number of methoxy groups -OCH3 is 1. The van der Waals surface area contributed by atoms with E-state index in [1.54, 1.807) is 9.80 Å². The molecule has 4 rings (SSSR count). The number of ether oxygens (including phenoxy) is 2. The molecule has 3 saturated heterocycles. The summed E-state index contributed by atoms with van der Waals surface area (Å²) in [5, 5.41) is 3.07. The van der Waals surface area contributed by atoms with Crippen LogP contribution in [0.25, 0.3) is 0 Å². The number of amides is 2. The minimum Gasteiger partial charge on any atom is -0.437 e. The highest BCUT2D eigenvalue weighted by Gasteiger charge is 2.68. The first-order chi connectivity index (χ1) is 14.1. The number of hydrogen-bond donors (Lipinski definition) is 1. The Bertz CT molecular complexity index is 881. The zero-order valence-electron chi connectivity index (χ0n) is 18.2. The van der Waals surface area contributed by atoms with Crippen molar-refractivity contribution >= 4 is 42.0 Å². The lowest BCUT2D eigenvalue weighted by molar-refractivity contribution is -0.176. The Kier molecular flexibility index (Phi) is 6.36. The van der Waals surface area contributed by atoms with Crippen LogP contribution < -0.4 is 5.32 Å². The van der Waals surface area contributed by atoms with Gasteiger partial charge in [-0.15, -0.1) is 24.2 Å². The van der Waals surface area contributed by atoms with Gasteiger partial charge in [0, 0.05) is 11.9 Å². The molecule has 0 saturated carbocycles. The van der Waals surface area contributed by atoms with E-state index in [1.807, 2.05) is 58.0 Å². The minimum atomic E-state index is -0.718. The number of carbonyl (C=O) groups excluding carboxylic acids is 3. The van der Waals surface area contributed by atoms with Crippen molar-refractivity contribution in [1.82, 2.24) is 15.1 Å². The average molecular weight is 470 g/mol. The van der Waals surface area contributed by atoms with E-state index >= 15 is 0 Å². The maximum Gasteiger partial charge on any atom is 0.332 e. The number of β-lactam (4-membered cyclic amide) rings is 1. The van der Waals surface area contributed by atoms with Gasteiger partial charge in [-0.2, -0.15) is 0 Å². The van der Waals surface area contributed by atoms with Crippen molar-refractivity contribution in [3.63, 3.8) is 0 Å². The molecule has 0 bridgehead atoms. The number of hydrogen-bond acceptors (Lipinski definition) is 7. The molecule has 0 aliphatic carbocycles. The van der Waals surface area contributed by atoms with Crippen molar-refractivity contribution in [2.45, 2.75) is 61.6 Å². The second-order valence-electron chi connectivity index (χ2n) is 8.83. The van der Waals surface area contributed by atoms with Crippen molar-refractivity contribution in [2.24, 2.45) is 0 Å². The summed E-state index contributed by atoms with van der Waals surface area (Å²) in [5.41, 5.74) is 0.158. The third-order valence-corrected chi connectivity index (χ3v) is 7.51. The van der Waals surface area contributed by atoms with Crippen LogP contribution in [0.3, 0.4) is 0 Å². The summed E-state index contributed by atoms with van der Waals surface area (Å²) >= 11 is 1.53. The number of thioether (sulfide) groups is 1. The first-order valence-electron chi connectivity index (χ1n) is 9.91. The molecule has 1 N–H and O–H groups in total. The first kappa shape index (κ1) is 23.8. The number of carbonyl (C=O) groups is 3. The smallest absolute Gasteiger partial charge is 0.332 e. The van der Waals surface area contributed by atoms with Gasteiger partial charge in [0.1, 0.15) is 23.5 Å². The molecule has 8 nitrogen and oxygen atoms in total. The van der Waals surface area contributed by atoms with E-state index in [1.165, 1.54) is 18.9 Å². The lowest BCUT2D eigenvalue weighted by atomic mass is 9.94. The van der Waals surface area contributed by atoms with Crippen LogP contribution in [0.5, 0.6) is 0 Å². The van der Waals surface area contributed by atoms with Crippen LogP contribution in [-0.4, -0.2) is 69.4 Å². The van der Waals surface area contributed by atoms with Gasteiger partial charge in [-0.3, -0.25) is 14.9 Å². The second-order valence-corrected chi connectivity index (χ2v) is 10.6. The summed E-state index contributed by atoms with van der Waals surface area (Å²) in [6, 6.07) is 7.63. The van der Waals surface area contributed by atoms with E-state index in [2.05, 4.69) is 5.32 Å². The molecular weight excluding hydrogens is 442 g/mol. The summed E-state index contributed by atoms with van der Waals surface area (Å²) in [4.78, 5) is 42.4. The van der Waals surface area contributed by atoms with Crippen LogP contribution in [-0.2, 0) is 23.9 Å². The van der Waals surface area contributed by atoms with E-state index in [9.17, 15) is 14.4 Å². The van der Waals surface area contributed by atoms with Gasteiger partial charge in [-0.25, -0.2) is 4.79 Å².